The topological polar surface area (TPSA) is 74.2 Å². The number of benzene rings is 2. The van der Waals surface area contributed by atoms with Crippen molar-refractivity contribution < 1.29 is 9.53 Å². The van der Waals surface area contributed by atoms with Crippen LogP contribution in [0.2, 0.25) is 0 Å². The van der Waals surface area contributed by atoms with Crippen molar-refractivity contribution in [2.45, 2.75) is 13.3 Å². The SMILES string of the molecule is CCCOc1cccc(C(=O)NC(=S)Nc2ccc(C#N)cc2)c1. The van der Waals surface area contributed by atoms with E-state index in [1.807, 2.05) is 13.0 Å². The zero-order valence-corrected chi connectivity index (χ0v) is 14.0. The van der Waals surface area contributed by atoms with E-state index < -0.39 is 0 Å². The summed E-state index contributed by atoms with van der Waals surface area (Å²) in [6.07, 6.45) is 0.898. The lowest BCUT2D eigenvalue weighted by Crippen LogP contribution is -2.34. The van der Waals surface area contributed by atoms with Crippen LogP contribution in [0.3, 0.4) is 0 Å². The number of anilines is 1. The first kappa shape index (κ1) is 17.4. The predicted molar refractivity (Wildman–Crippen MR) is 97.1 cm³/mol. The zero-order chi connectivity index (χ0) is 17.4. The summed E-state index contributed by atoms with van der Waals surface area (Å²) in [5.74, 6) is 0.332. The summed E-state index contributed by atoms with van der Waals surface area (Å²) in [6.45, 7) is 2.62. The number of hydrogen-bond donors (Lipinski definition) is 2. The molecule has 5 nitrogen and oxygen atoms in total. The summed E-state index contributed by atoms with van der Waals surface area (Å²) in [7, 11) is 0. The van der Waals surface area contributed by atoms with Crippen LogP contribution in [-0.4, -0.2) is 17.6 Å². The molecule has 0 aliphatic rings. The van der Waals surface area contributed by atoms with Gasteiger partial charge in [-0.1, -0.05) is 13.0 Å². The molecule has 2 N–H and O–H groups in total. The average molecular weight is 339 g/mol. The van der Waals surface area contributed by atoms with Crippen LogP contribution in [0.5, 0.6) is 5.75 Å². The number of carbonyl (C=O) groups excluding carboxylic acids is 1. The number of ether oxygens (including phenoxy) is 1. The van der Waals surface area contributed by atoms with Crippen LogP contribution < -0.4 is 15.4 Å². The van der Waals surface area contributed by atoms with Gasteiger partial charge in [-0.25, -0.2) is 0 Å². The molecule has 0 aromatic heterocycles. The van der Waals surface area contributed by atoms with Gasteiger partial charge in [0.2, 0.25) is 0 Å². The van der Waals surface area contributed by atoms with E-state index in [0.29, 0.717) is 29.2 Å². The number of nitriles is 1. The first-order valence-electron chi connectivity index (χ1n) is 7.47. The van der Waals surface area contributed by atoms with Crippen molar-refractivity contribution in [2.75, 3.05) is 11.9 Å². The van der Waals surface area contributed by atoms with E-state index in [4.69, 9.17) is 22.2 Å². The van der Waals surface area contributed by atoms with Gasteiger partial charge in [0.25, 0.3) is 5.91 Å². The molecule has 0 saturated heterocycles. The summed E-state index contributed by atoms with van der Waals surface area (Å²) in [5.41, 5.74) is 1.71. The molecule has 0 spiro atoms. The lowest BCUT2D eigenvalue weighted by atomic mass is 10.2. The quantitative estimate of drug-likeness (QED) is 0.816. The van der Waals surface area contributed by atoms with Crippen molar-refractivity contribution in [3.05, 3.63) is 59.7 Å². The second kappa shape index (κ2) is 8.65. The van der Waals surface area contributed by atoms with Crippen molar-refractivity contribution >= 4 is 28.9 Å². The maximum absolute atomic E-state index is 12.2. The molecule has 2 aromatic rings. The fourth-order valence-electron chi connectivity index (χ4n) is 1.91. The largest absolute Gasteiger partial charge is 0.494 e. The van der Waals surface area contributed by atoms with Crippen LogP contribution in [0.4, 0.5) is 5.69 Å². The molecule has 0 bridgehead atoms. The first-order chi connectivity index (χ1) is 11.6. The Morgan fingerprint density at radius 1 is 1.25 bits per heavy atom. The van der Waals surface area contributed by atoms with Crippen LogP contribution in [0, 0.1) is 11.3 Å². The van der Waals surface area contributed by atoms with Crippen LogP contribution in [0.1, 0.15) is 29.3 Å². The highest BCUT2D eigenvalue weighted by molar-refractivity contribution is 7.80. The van der Waals surface area contributed by atoms with Crippen molar-refractivity contribution in [2.24, 2.45) is 0 Å². The van der Waals surface area contributed by atoms with Gasteiger partial charge in [-0.05, 0) is 61.1 Å². The second-order valence-electron chi connectivity index (χ2n) is 4.97. The molecule has 0 aliphatic heterocycles. The van der Waals surface area contributed by atoms with Gasteiger partial charge >= 0.3 is 0 Å². The van der Waals surface area contributed by atoms with Gasteiger partial charge in [-0.15, -0.1) is 0 Å². The number of nitrogens with zero attached hydrogens (tertiary/aromatic N) is 1. The molecule has 6 heteroatoms. The first-order valence-corrected chi connectivity index (χ1v) is 7.88. The van der Waals surface area contributed by atoms with Gasteiger partial charge in [0, 0.05) is 11.3 Å². The second-order valence-corrected chi connectivity index (χ2v) is 5.38. The third kappa shape index (κ3) is 5.07. The highest BCUT2D eigenvalue weighted by atomic mass is 32.1. The number of carbonyl (C=O) groups is 1. The molecule has 122 valence electrons. The smallest absolute Gasteiger partial charge is 0.257 e. The predicted octanol–water partition coefficient (Wildman–Crippen LogP) is 3.47. The highest BCUT2D eigenvalue weighted by Gasteiger charge is 2.09. The van der Waals surface area contributed by atoms with E-state index in [1.165, 1.54) is 0 Å². The van der Waals surface area contributed by atoms with Crippen LogP contribution in [0.25, 0.3) is 0 Å². The normalized spacial score (nSPS) is 9.67. The fourth-order valence-corrected chi connectivity index (χ4v) is 2.12. The number of rotatable bonds is 5. The summed E-state index contributed by atoms with van der Waals surface area (Å²) in [5, 5.41) is 14.5. The third-order valence-corrected chi connectivity index (χ3v) is 3.27. The van der Waals surface area contributed by atoms with E-state index in [2.05, 4.69) is 10.6 Å². The Balaban J connectivity index is 1.95. The maximum Gasteiger partial charge on any atom is 0.257 e. The van der Waals surface area contributed by atoms with Gasteiger partial charge < -0.3 is 10.1 Å². The molecule has 0 heterocycles. The lowest BCUT2D eigenvalue weighted by molar-refractivity contribution is 0.0977. The molecule has 0 aliphatic carbocycles. The van der Waals surface area contributed by atoms with Crippen molar-refractivity contribution in [1.29, 1.82) is 5.26 Å². The van der Waals surface area contributed by atoms with Gasteiger partial charge in [0.05, 0.1) is 18.2 Å². The summed E-state index contributed by atoms with van der Waals surface area (Å²) < 4.78 is 5.51. The van der Waals surface area contributed by atoms with Crippen LogP contribution in [-0.2, 0) is 0 Å². The maximum atomic E-state index is 12.2. The van der Waals surface area contributed by atoms with Crippen molar-refractivity contribution in [3.8, 4) is 11.8 Å². The van der Waals surface area contributed by atoms with Crippen molar-refractivity contribution in [3.63, 3.8) is 0 Å². The van der Waals surface area contributed by atoms with Gasteiger partial charge in [0.1, 0.15) is 5.75 Å². The molecule has 0 saturated carbocycles. The van der Waals surface area contributed by atoms with E-state index in [-0.39, 0.29) is 11.0 Å². The Labute approximate surface area is 146 Å². The fraction of sp³-hybridized carbons (Fsp3) is 0.167. The Morgan fingerprint density at radius 2 is 2.00 bits per heavy atom. The monoisotopic (exact) mass is 339 g/mol. The molecule has 0 atom stereocenters. The highest BCUT2D eigenvalue weighted by Crippen LogP contribution is 2.14. The van der Waals surface area contributed by atoms with Gasteiger partial charge in [0.15, 0.2) is 5.11 Å². The van der Waals surface area contributed by atoms with Crippen LogP contribution in [0.15, 0.2) is 48.5 Å². The molecule has 0 unspecified atom stereocenters. The van der Waals surface area contributed by atoms with Crippen LogP contribution >= 0.6 is 12.2 Å². The molecule has 2 rings (SSSR count). The Morgan fingerprint density at radius 3 is 2.67 bits per heavy atom. The average Bonchev–Trinajstić information content (AvgIpc) is 2.60. The minimum absolute atomic E-state index is 0.185. The summed E-state index contributed by atoms with van der Waals surface area (Å²) in [4.78, 5) is 12.2. The van der Waals surface area contributed by atoms with E-state index in [0.717, 1.165) is 6.42 Å². The number of nitrogens with one attached hydrogen (secondary N) is 2. The van der Waals surface area contributed by atoms with Gasteiger partial charge in [-0.2, -0.15) is 5.26 Å². The third-order valence-electron chi connectivity index (χ3n) is 3.07. The van der Waals surface area contributed by atoms with Crippen molar-refractivity contribution in [1.82, 2.24) is 5.32 Å². The molecule has 1 amide bonds. The minimum Gasteiger partial charge on any atom is -0.494 e. The molecule has 0 fully saturated rings. The van der Waals surface area contributed by atoms with E-state index in [9.17, 15) is 4.79 Å². The summed E-state index contributed by atoms with van der Waals surface area (Å²) >= 11 is 5.14. The summed E-state index contributed by atoms with van der Waals surface area (Å²) in [6, 6.07) is 15.7. The molecule has 2 aromatic carbocycles. The zero-order valence-electron chi connectivity index (χ0n) is 13.2. The Bertz CT molecular complexity index is 767. The Kier molecular flexibility index (Phi) is 6.29. The lowest BCUT2D eigenvalue weighted by Gasteiger charge is -2.10. The van der Waals surface area contributed by atoms with E-state index >= 15 is 0 Å². The molecule has 24 heavy (non-hydrogen) atoms. The standard InChI is InChI=1S/C18H17N3O2S/c1-2-10-23-16-5-3-4-14(11-16)17(22)21-18(24)20-15-8-6-13(12-19)7-9-15/h3-9,11H,2,10H2,1H3,(H2,20,21,22,24). The molecular formula is C18H17N3O2S. The minimum atomic E-state index is -0.317. The number of thiocarbonyl (C=S) groups is 1. The molecule has 0 radical (unpaired) electrons. The van der Waals surface area contributed by atoms with E-state index in [1.54, 1.807) is 48.5 Å². The number of amides is 1. The Hall–Kier alpha value is -2.91. The number of hydrogen-bond acceptors (Lipinski definition) is 4. The molecular weight excluding hydrogens is 322 g/mol. The van der Waals surface area contributed by atoms with Gasteiger partial charge in [-0.3, -0.25) is 10.1 Å².